The van der Waals surface area contributed by atoms with Crippen LogP contribution in [-0.2, 0) is 4.74 Å². The van der Waals surface area contributed by atoms with Crippen LogP contribution in [0, 0.1) is 5.92 Å². The summed E-state index contributed by atoms with van der Waals surface area (Å²) in [4.78, 5) is 10.2. The van der Waals surface area contributed by atoms with Crippen molar-refractivity contribution in [1.82, 2.24) is 9.97 Å². The number of rotatable bonds is 5. The van der Waals surface area contributed by atoms with Gasteiger partial charge < -0.3 is 15.4 Å². The Morgan fingerprint density at radius 3 is 3.05 bits per heavy atom. The van der Waals surface area contributed by atoms with Gasteiger partial charge in [0.15, 0.2) is 0 Å². The summed E-state index contributed by atoms with van der Waals surface area (Å²) in [6.45, 7) is 3.74. The first-order valence-corrected chi connectivity index (χ1v) is 8.60. The Bertz CT molecular complexity index is 640. The standard InChI is InChI=1S/C15H20N4OS/c1-2-16-15-18-13(10-6-8-21-14(10)19-15)17-11-5-7-20-12(11)9-3-4-9/h6,8-9,11-12H,2-5,7H2,1H3,(H2,16,17,18,19). The minimum atomic E-state index is 0.358. The Kier molecular flexibility index (Phi) is 3.43. The molecule has 2 N–H and O–H groups in total. The normalized spacial score (nSPS) is 25.4. The highest BCUT2D eigenvalue weighted by Crippen LogP contribution is 2.40. The number of nitrogens with one attached hydrogen (secondary N) is 2. The number of hydrogen-bond donors (Lipinski definition) is 2. The van der Waals surface area contributed by atoms with Gasteiger partial charge in [-0.25, -0.2) is 4.98 Å². The molecule has 5 nitrogen and oxygen atoms in total. The van der Waals surface area contributed by atoms with Crippen LogP contribution in [0.3, 0.4) is 0 Å². The van der Waals surface area contributed by atoms with Crippen LogP contribution in [0.5, 0.6) is 0 Å². The monoisotopic (exact) mass is 304 g/mol. The smallest absolute Gasteiger partial charge is 0.226 e. The fraction of sp³-hybridized carbons (Fsp3) is 0.600. The lowest BCUT2D eigenvalue weighted by molar-refractivity contribution is 0.0898. The molecule has 1 aliphatic carbocycles. The van der Waals surface area contributed by atoms with Gasteiger partial charge in [-0.3, -0.25) is 0 Å². The molecule has 2 atom stereocenters. The predicted molar refractivity (Wildman–Crippen MR) is 86.1 cm³/mol. The van der Waals surface area contributed by atoms with Gasteiger partial charge in [0.1, 0.15) is 10.6 Å². The van der Waals surface area contributed by atoms with Gasteiger partial charge in [-0.15, -0.1) is 11.3 Å². The summed E-state index contributed by atoms with van der Waals surface area (Å²) < 4.78 is 5.91. The summed E-state index contributed by atoms with van der Waals surface area (Å²) in [6.07, 6.45) is 4.04. The maximum absolute atomic E-state index is 5.91. The molecule has 2 aromatic rings. The van der Waals surface area contributed by atoms with Crippen LogP contribution >= 0.6 is 11.3 Å². The van der Waals surface area contributed by atoms with E-state index in [0.29, 0.717) is 18.1 Å². The Hall–Kier alpha value is -1.40. The number of ether oxygens (including phenoxy) is 1. The van der Waals surface area contributed by atoms with Crippen molar-refractivity contribution in [3.8, 4) is 0 Å². The molecule has 2 aliphatic rings. The molecule has 2 fully saturated rings. The zero-order chi connectivity index (χ0) is 14.2. The van der Waals surface area contributed by atoms with E-state index in [1.54, 1.807) is 11.3 Å². The molecule has 1 saturated heterocycles. The van der Waals surface area contributed by atoms with Crippen molar-refractivity contribution in [3.05, 3.63) is 11.4 Å². The van der Waals surface area contributed by atoms with Gasteiger partial charge in [-0.1, -0.05) is 0 Å². The highest BCUT2D eigenvalue weighted by Gasteiger charge is 2.40. The second kappa shape index (κ2) is 5.42. The molecule has 0 amide bonds. The van der Waals surface area contributed by atoms with Gasteiger partial charge in [0.05, 0.1) is 17.5 Å². The van der Waals surface area contributed by atoms with Crippen molar-refractivity contribution in [3.63, 3.8) is 0 Å². The second-order valence-corrected chi connectivity index (χ2v) is 6.67. The largest absolute Gasteiger partial charge is 0.376 e. The molecule has 0 spiro atoms. The maximum Gasteiger partial charge on any atom is 0.226 e. The Morgan fingerprint density at radius 2 is 2.24 bits per heavy atom. The minimum absolute atomic E-state index is 0.358. The Balaban J connectivity index is 1.63. The average molecular weight is 304 g/mol. The number of aromatic nitrogens is 2. The summed E-state index contributed by atoms with van der Waals surface area (Å²) in [7, 11) is 0. The van der Waals surface area contributed by atoms with Crippen LogP contribution < -0.4 is 10.6 Å². The molecule has 0 bridgehead atoms. The number of fused-ring (bicyclic) bond motifs is 1. The molecule has 3 heterocycles. The first-order valence-electron chi connectivity index (χ1n) is 7.72. The molecule has 1 saturated carbocycles. The van der Waals surface area contributed by atoms with Crippen LogP contribution in [0.1, 0.15) is 26.2 Å². The molecule has 0 radical (unpaired) electrons. The van der Waals surface area contributed by atoms with E-state index in [-0.39, 0.29) is 0 Å². The van der Waals surface area contributed by atoms with Gasteiger partial charge >= 0.3 is 0 Å². The quantitative estimate of drug-likeness (QED) is 0.889. The fourth-order valence-electron chi connectivity index (χ4n) is 3.03. The lowest BCUT2D eigenvalue weighted by Gasteiger charge is -2.20. The molecule has 112 valence electrons. The maximum atomic E-state index is 5.91. The number of hydrogen-bond acceptors (Lipinski definition) is 6. The average Bonchev–Trinajstić information content (AvgIpc) is 3.02. The van der Waals surface area contributed by atoms with Crippen molar-refractivity contribution < 1.29 is 4.74 Å². The molecule has 2 unspecified atom stereocenters. The van der Waals surface area contributed by atoms with E-state index in [1.165, 1.54) is 12.8 Å². The third-order valence-electron chi connectivity index (χ3n) is 4.20. The van der Waals surface area contributed by atoms with E-state index < -0.39 is 0 Å². The van der Waals surface area contributed by atoms with E-state index in [1.807, 2.05) is 0 Å². The Morgan fingerprint density at radius 1 is 1.33 bits per heavy atom. The van der Waals surface area contributed by atoms with Crippen molar-refractivity contribution in [2.75, 3.05) is 23.8 Å². The first kappa shape index (κ1) is 13.3. The van der Waals surface area contributed by atoms with Crippen LogP contribution in [-0.4, -0.2) is 35.3 Å². The van der Waals surface area contributed by atoms with E-state index in [4.69, 9.17) is 4.74 Å². The van der Waals surface area contributed by atoms with Gasteiger partial charge in [0.25, 0.3) is 0 Å². The first-order chi connectivity index (χ1) is 10.3. The van der Waals surface area contributed by atoms with E-state index >= 15 is 0 Å². The molecule has 1 aliphatic heterocycles. The van der Waals surface area contributed by atoms with Gasteiger partial charge in [0, 0.05) is 13.2 Å². The number of nitrogens with zero attached hydrogens (tertiary/aromatic N) is 2. The topological polar surface area (TPSA) is 59.1 Å². The predicted octanol–water partition coefficient (Wildman–Crippen LogP) is 3.10. The van der Waals surface area contributed by atoms with Crippen LogP contribution in [0.15, 0.2) is 11.4 Å². The molecular formula is C15H20N4OS. The van der Waals surface area contributed by atoms with Crippen molar-refractivity contribution in [1.29, 1.82) is 0 Å². The third kappa shape index (κ3) is 2.58. The summed E-state index contributed by atoms with van der Waals surface area (Å²) >= 11 is 1.66. The van der Waals surface area contributed by atoms with E-state index in [2.05, 4.69) is 39.0 Å². The number of thiophene rings is 1. The molecule has 0 aromatic carbocycles. The van der Waals surface area contributed by atoms with Gasteiger partial charge in [-0.05, 0) is 43.6 Å². The highest BCUT2D eigenvalue weighted by atomic mass is 32.1. The molecule has 21 heavy (non-hydrogen) atoms. The summed E-state index contributed by atoms with van der Waals surface area (Å²) in [5.74, 6) is 2.40. The zero-order valence-corrected chi connectivity index (χ0v) is 12.9. The minimum Gasteiger partial charge on any atom is -0.376 e. The lowest BCUT2D eigenvalue weighted by atomic mass is 10.1. The SMILES string of the molecule is CCNc1nc(NC2CCOC2C2CC2)c2ccsc2n1. The molecule has 4 rings (SSSR count). The van der Waals surface area contributed by atoms with Gasteiger partial charge in [0.2, 0.25) is 5.95 Å². The molecule has 6 heteroatoms. The van der Waals surface area contributed by atoms with Crippen LogP contribution in [0.4, 0.5) is 11.8 Å². The van der Waals surface area contributed by atoms with Crippen LogP contribution in [0.25, 0.3) is 10.2 Å². The van der Waals surface area contributed by atoms with Crippen molar-refractivity contribution in [2.24, 2.45) is 5.92 Å². The lowest BCUT2D eigenvalue weighted by Crippen LogP contribution is -2.31. The van der Waals surface area contributed by atoms with E-state index in [0.717, 1.165) is 41.5 Å². The van der Waals surface area contributed by atoms with Crippen molar-refractivity contribution in [2.45, 2.75) is 38.3 Å². The van der Waals surface area contributed by atoms with Crippen molar-refractivity contribution >= 4 is 33.3 Å². The summed E-state index contributed by atoms with van der Waals surface area (Å²) in [6, 6.07) is 2.48. The second-order valence-electron chi connectivity index (χ2n) is 5.78. The molecule has 2 aromatic heterocycles. The summed E-state index contributed by atoms with van der Waals surface area (Å²) in [5.41, 5.74) is 0. The highest BCUT2D eigenvalue weighted by molar-refractivity contribution is 7.16. The van der Waals surface area contributed by atoms with E-state index in [9.17, 15) is 0 Å². The third-order valence-corrected chi connectivity index (χ3v) is 5.01. The fourth-order valence-corrected chi connectivity index (χ4v) is 3.80. The van der Waals surface area contributed by atoms with Crippen LogP contribution in [0.2, 0.25) is 0 Å². The molecular weight excluding hydrogens is 284 g/mol. The van der Waals surface area contributed by atoms with Gasteiger partial charge in [-0.2, -0.15) is 4.98 Å². The summed E-state index contributed by atoms with van der Waals surface area (Å²) in [5, 5.41) is 10.0. The number of anilines is 2. The Labute approximate surface area is 128 Å². The zero-order valence-electron chi connectivity index (χ0n) is 12.1.